The number of thiophene rings is 1. The summed E-state index contributed by atoms with van der Waals surface area (Å²) in [5.41, 5.74) is 2.05. The maximum atomic E-state index is 12.9. The summed E-state index contributed by atoms with van der Waals surface area (Å²) in [6, 6.07) is 8.99. The molecule has 1 aromatic carbocycles. The molecule has 1 unspecified atom stereocenters. The summed E-state index contributed by atoms with van der Waals surface area (Å²) in [6.45, 7) is 2.75. The van der Waals surface area contributed by atoms with Gasteiger partial charge in [0.15, 0.2) is 0 Å². The topological polar surface area (TPSA) is 61.9 Å². The zero-order chi connectivity index (χ0) is 19.5. The van der Waals surface area contributed by atoms with Crippen LogP contribution in [0, 0.1) is 0 Å². The standard InChI is InChI=1S/C21H25N3O3S/c1-27-17-6-4-16(5-7-17)22-21(26)18-3-2-10-24(18)20(25)14-23-11-8-19-15(13-23)9-12-28-19/h4-7,9,12,18H,2-3,8,10-11,13-14H2,1H3,(H,22,26). The summed E-state index contributed by atoms with van der Waals surface area (Å²) in [7, 11) is 1.61. The van der Waals surface area contributed by atoms with Crippen LogP contribution < -0.4 is 10.1 Å². The number of amides is 2. The first kappa shape index (κ1) is 19.0. The number of hydrogen-bond acceptors (Lipinski definition) is 5. The van der Waals surface area contributed by atoms with Crippen molar-refractivity contribution >= 4 is 28.8 Å². The van der Waals surface area contributed by atoms with Crippen molar-refractivity contribution < 1.29 is 14.3 Å². The Balaban J connectivity index is 1.35. The summed E-state index contributed by atoms with van der Waals surface area (Å²) in [5.74, 6) is 0.673. The lowest BCUT2D eigenvalue weighted by atomic mass is 10.1. The lowest BCUT2D eigenvalue weighted by molar-refractivity contribution is -0.137. The molecule has 1 N–H and O–H groups in total. The Labute approximate surface area is 169 Å². The normalized spacial score (nSPS) is 19.3. The number of rotatable bonds is 5. The van der Waals surface area contributed by atoms with Crippen LogP contribution in [-0.4, -0.2) is 54.4 Å². The molecule has 0 radical (unpaired) electrons. The largest absolute Gasteiger partial charge is 0.497 e. The van der Waals surface area contributed by atoms with Gasteiger partial charge in [-0.15, -0.1) is 11.3 Å². The average Bonchev–Trinajstić information content (AvgIpc) is 3.37. The molecule has 0 bridgehead atoms. The minimum atomic E-state index is -0.392. The second kappa shape index (κ2) is 8.32. The van der Waals surface area contributed by atoms with E-state index in [4.69, 9.17) is 4.74 Å². The van der Waals surface area contributed by atoms with Crippen molar-refractivity contribution in [1.29, 1.82) is 0 Å². The van der Waals surface area contributed by atoms with Gasteiger partial charge in [0.2, 0.25) is 11.8 Å². The molecular weight excluding hydrogens is 374 g/mol. The molecule has 2 amide bonds. The number of nitrogens with zero attached hydrogens (tertiary/aromatic N) is 2. The van der Waals surface area contributed by atoms with Crippen LogP contribution in [0.15, 0.2) is 35.7 Å². The zero-order valence-corrected chi connectivity index (χ0v) is 16.8. The first-order valence-electron chi connectivity index (χ1n) is 9.66. The number of ether oxygens (including phenoxy) is 1. The Hall–Kier alpha value is -2.38. The molecule has 1 saturated heterocycles. The molecule has 2 aromatic rings. The Morgan fingerprint density at radius 1 is 1.21 bits per heavy atom. The maximum absolute atomic E-state index is 12.9. The van der Waals surface area contributed by atoms with Gasteiger partial charge in [0.25, 0.3) is 0 Å². The van der Waals surface area contributed by atoms with E-state index >= 15 is 0 Å². The lowest BCUT2D eigenvalue weighted by Gasteiger charge is -2.30. The second-order valence-corrected chi connectivity index (χ2v) is 8.29. The van der Waals surface area contributed by atoms with Gasteiger partial charge in [0, 0.05) is 30.2 Å². The highest BCUT2D eigenvalue weighted by Crippen LogP contribution is 2.25. The zero-order valence-electron chi connectivity index (χ0n) is 16.0. The van der Waals surface area contributed by atoms with E-state index in [1.165, 1.54) is 10.4 Å². The molecule has 1 fully saturated rings. The quantitative estimate of drug-likeness (QED) is 0.840. The number of methoxy groups -OCH3 is 1. The van der Waals surface area contributed by atoms with E-state index in [0.717, 1.165) is 31.7 Å². The summed E-state index contributed by atoms with van der Waals surface area (Å²) < 4.78 is 5.14. The number of carbonyl (C=O) groups excluding carboxylic acids is 2. The third-order valence-corrected chi connectivity index (χ3v) is 6.50. The van der Waals surface area contributed by atoms with Crippen molar-refractivity contribution in [1.82, 2.24) is 9.80 Å². The van der Waals surface area contributed by atoms with E-state index < -0.39 is 6.04 Å². The Kier molecular flexibility index (Phi) is 5.64. The first-order valence-corrected chi connectivity index (χ1v) is 10.5. The van der Waals surface area contributed by atoms with Crippen LogP contribution in [0.5, 0.6) is 5.75 Å². The van der Waals surface area contributed by atoms with Crippen molar-refractivity contribution in [3.05, 3.63) is 46.2 Å². The number of fused-ring (bicyclic) bond motifs is 1. The van der Waals surface area contributed by atoms with Gasteiger partial charge in [-0.25, -0.2) is 0 Å². The maximum Gasteiger partial charge on any atom is 0.247 e. The highest BCUT2D eigenvalue weighted by atomic mass is 32.1. The van der Waals surface area contributed by atoms with Crippen molar-refractivity contribution in [2.24, 2.45) is 0 Å². The molecule has 0 saturated carbocycles. The van der Waals surface area contributed by atoms with E-state index in [1.54, 1.807) is 23.3 Å². The van der Waals surface area contributed by atoms with E-state index in [-0.39, 0.29) is 11.8 Å². The molecule has 2 aliphatic rings. The van der Waals surface area contributed by atoms with Gasteiger partial charge in [-0.2, -0.15) is 0 Å². The van der Waals surface area contributed by atoms with E-state index in [2.05, 4.69) is 21.7 Å². The fraction of sp³-hybridized carbons (Fsp3) is 0.429. The fourth-order valence-corrected chi connectivity index (χ4v) is 4.85. The van der Waals surface area contributed by atoms with Crippen LogP contribution in [0.4, 0.5) is 5.69 Å². The molecule has 0 aliphatic carbocycles. The summed E-state index contributed by atoms with van der Waals surface area (Å²) >= 11 is 1.80. The third kappa shape index (κ3) is 4.05. The number of carbonyl (C=O) groups is 2. The third-order valence-electron chi connectivity index (χ3n) is 5.48. The highest BCUT2D eigenvalue weighted by molar-refractivity contribution is 7.10. The van der Waals surface area contributed by atoms with Gasteiger partial charge in [-0.3, -0.25) is 14.5 Å². The summed E-state index contributed by atoms with van der Waals surface area (Å²) in [6.07, 6.45) is 2.57. The van der Waals surface area contributed by atoms with E-state index in [9.17, 15) is 9.59 Å². The molecule has 28 heavy (non-hydrogen) atoms. The van der Waals surface area contributed by atoms with Crippen LogP contribution >= 0.6 is 11.3 Å². The molecule has 7 heteroatoms. The van der Waals surface area contributed by atoms with E-state index in [0.29, 0.717) is 25.2 Å². The van der Waals surface area contributed by atoms with Gasteiger partial charge in [0.05, 0.1) is 13.7 Å². The highest BCUT2D eigenvalue weighted by Gasteiger charge is 2.35. The number of benzene rings is 1. The fourth-order valence-electron chi connectivity index (χ4n) is 3.96. The van der Waals surface area contributed by atoms with Crippen molar-refractivity contribution in [2.75, 3.05) is 32.1 Å². The molecule has 0 spiro atoms. The van der Waals surface area contributed by atoms with Crippen molar-refractivity contribution in [2.45, 2.75) is 31.8 Å². The van der Waals surface area contributed by atoms with Gasteiger partial charge < -0.3 is 15.0 Å². The lowest BCUT2D eigenvalue weighted by Crippen LogP contribution is -2.47. The van der Waals surface area contributed by atoms with Crippen LogP contribution in [0.3, 0.4) is 0 Å². The van der Waals surface area contributed by atoms with Crippen LogP contribution in [0.25, 0.3) is 0 Å². The van der Waals surface area contributed by atoms with Gasteiger partial charge in [-0.05, 0) is 60.5 Å². The minimum Gasteiger partial charge on any atom is -0.497 e. The Bertz CT molecular complexity index is 849. The number of nitrogens with one attached hydrogen (secondary N) is 1. The summed E-state index contributed by atoms with van der Waals surface area (Å²) in [4.78, 5) is 31.0. The number of anilines is 1. The molecular formula is C21H25N3O3S. The predicted octanol–water partition coefficient (Wildman–Crippen LogP) is 2.74. The molecule has 1 atom stereocenters. The number of hydrogen-bond donors (Lipinski definition) is 1. The first-order chi connectivity index (χ1) is 13.6. The molecule has 148 valence electrons. The second-order valence-electron chi connectivity index (χ2n) is 7.29. The SMILES string of the molecule is COc1ccc(NC(=O)C2CCCN2C(=O)CN2CCc3sccc3C2)cc1. The van der Waals surface area contributed by atoms with Crippen LogP contribution in [0.1, 0.15) is 23.3 Å². The van der Waals surface area contributed by atoms with Crippen LogP contribution in [-0.2, 0) is 22.6 Å². The smallest absolute Gasteiger partial charge is 0.247 e. The molecule has 6 nitrogen and oxygen atoms in total. The Morgan fingerprint density at radius 3 is 2.82 bits per heavy atom. The van der Waals surface area contributed by atoms with Crippen LogP contribution in [0.2, 0.25) is 0 Å². The predicted molar refractivity (Wildman–Crippen MR) is 110 cm³/mol. The molecule has 2 aliphatic heterocycles. The minimum absolute atomic E-state index is 0.0473. The molecule has 4 rings (SSSR count). The average molecular weight is 400 g/mol. The monoisotopic (exact) mass is 399 g/mol. The van der Waals surface area contributed by atoms with Crippen molar-refractivity contribution in [3.63, 3.8) is 0 Å². The van der Waals surface area contributed by atoms with Gasteiger partial charge in [0.1, 0.15) is 11.8 Å². The van der Waals surface area contributed by atoms with Gasteiger partial charge in [-0.1, -0.05) is 0 Å². The summed E-state index contributed by atoms with van der Waals surface area (Å²) in [5, 5.41) is 5.05. The van der Waals surface area contributed by atoms with E-state index in [1.807, 2.05) is 24.3 Å². The molecule has 3 heterocycles. The van der Waals surface area contributed by atoms with Crippen molar-refractivity contribution in [3.8, 4) is 5.75 Å². The number of likely N-dealkylation sites (tertiary alicyclic amines) is 1. The van der Waals surface area contributed by atoms with Gasteiger partial charge >= 0.3 is 0 Å². The Morgan fingerprint density at radius 2 is 2.04 bits per heavy atom. The molecule has 1 aromatic heterocycles.